The molecule has 0 aromatic heterocycles. The molecule has 0 aliphatic carbocycles. The van der Waals surface area contributed by atoms with Gasteiger partial charge in [-0.05, 0) is 5.56 Å². The van der Waals surface area contributed by atoms with Crippen LogP contribution in [0.1, 0.15) is 18.1 Å². The summed E-state index contributed by atoms with van der Waals surface area (Å²) in [5, 5.41) is 69.0. The fourth-order valence-electron chi connectivity index (χ4n) is 3.49. The number of hydrogen-bond donors (Lipinski definition) is 6. The summed E-state index contributed by atoms with van der Waals surface area (Å²) in [4.78, 5) is 0. The van der Waals surface area contributed by atoms with Crippen molar-refractivity contribution in [2.24, 2.45) is 0 Å². The number of nitriles is 1. The Morgan fingerprint density at radius 3 is 2.32 bits per heavy atom. The molecule has 2 heterocycles. The average molecular weight is 441 g/mol. The standard InChI is InChI=1S/C20H27NO10/c21-7-12(10-4-2-1-3-5-10)30-20-19(27)18(26)17(25)14(31-20)9-28-15-6-11(23)16(24)13(8-22)29-15/h1-5,11-20,22-27H,6,8-9H2/t11-,12?,13-,14-,15-,16+,17-,18?,19-,20-/m1/s1. The van der Waals surface area contributed by atoms with Crippen LogP contribution in [0.4, 0.5) is 0 Å². The molecule has 1 aromatic rings. The van der Waals surface area contributed by atoms with Crippen molar-refractivity contribution < 1.29 is 49.6 Å². The zero-order valence-electron chi connectivity index (χ0n) is 16.5. The van der Waals surface area contributed by atoms with Gasteiger partial charge in [-0.1, -0.05) is 30.3 Å². The number of ether oxygens (including phenoxy) is 4. The third kappa shape index (κ3) is 5.57. The van der Waals surface area contributed by atoms with Crippen LogP contribution in [0.25, 0.3) is 0 Å². The molecule has 2 saturated heterocycles. The molecule has 2 unspecified atom stereocenters. The highest BCUT2D eigenvalue weighted by Crippen LogP contribution is 2.28. The van der Waals surface area contributed by atoms with Crippen LogP contribution in [0.15, 0.2) is 30.3 Å². The van der Waals surface area contributed by atoms with Crippen molar-refractivity contribution >= 4 is 0 Å². The van der Waals surface area contributed by atoms with E-state index in [1.165, 1.54) is 0 Å². The van der Waals surface area contributed by atoms with E-state index in [0.717, 1.165) is 0 Å². The largest absolute Gasteiger partial charge is 0.394 e. The molecule has 172 valence electrons. The Bertz CT molecular complexity index is 730. The molecule has 0 spiro atoms. The predicted octanol–water partition coefficient (Wildman–Crippen LogP) is -2.08. The summed E-state index contributed by atoms with van der Waals surface area (Å²) in [7, 11) is 0. The van der Waals surface area contributed by atoms with Crippen LogP contribution in [0.5, 0.6) is 0 Å². The molecular weight excluding hydrogens is 414 g/mol. The predicted molar refractivity (Wildman–Crippen MR) is 101 cm³/mol. The number of aliphatic hydroxyl groups excluding tert-OH is 6. The van der Waals surface area contributed by atoms with Crippen LogP contribution in [0.2, 0.25) is 0 Å². The summed E-state index contributed by atoms with van der Waals surface area (Å²) >= 11 is 0. The summed E-state index contributed by atoms with van der Waals surface area (Å²) in [5.41, 5.74) is 0.521. The second-order valence-corrected chi connectivity index (χ2v) is 7.48. The molecule has 11 nitrogen and oxygen atoms in total. The molecule has 0 saturated carbocycles. The van der Waals surface area contributed by atoms with Crippen LogP contribution >= 0.6 is 0 Å². The Hall–Kier alpha value is -1.69. The van der Waals surface area contributed by atoms with Crippen molar-refractivity contribution in [3.05, 3.63) is 35.9 Å². The monoisotopic (exact) mass is 441 g/mol. The van der Waals surface area contributed by atoms with Gasteiger partial charge in [-0.2, -0.15) is 5.26 Å². The fraction of sp³-hybridized carbons (Fsp3) is 0.650. The van der Waals surface area contributed by atoms with Crippen molar-refractivity contribution in [3.8, 4) is 6.07 Å². The summed E-state index contributed by atoms with van der Waals surface area (Å²) in [6, 6.07) is 10.5. The third-order valence-corrected chi connectivity index (χ3v) is 5.32. The number of aliphatic hydroxyl groups is 6. The minimum atomic E-state index is -1.63. The third-order valence-electron chi connectivity index (χ3n) is 5.32. The van der Waals surface area contributed by atoms with Crippen LogP contribution in [0, 0.1) is 11.3 Å². The number of rotatable bonds is 7. The molecule has 2 aliphatic rings. The quantitative estimate of drug-likeness (QED) is 0.273. The van der Waals surface area contributed by atoms with E-state index >= 15 is 0 Å². The van der Waals surface area contributed by atoms with E-state index in [4.69, 9.17) is 18.9 Å². The van der Waals surface area contributed by atoms with Gasteiger partial charge in [-0.3, -0.25) is 0 Å². The molecule has 11 heteroatoms. The van der Waals surface area contributed by atoms with Gasteiger partial charge in [-0.15, -0.1) is 0 Å². The highest BCUT2D eigenvalue weighted by molar-refractivity contribution is 5.22. The van der Waals surface area contributed by atoms with Crippen LogP contribution in [0.3, 0.4) is 0 Å². The highest BCUT2D eigenvalue weighted by Gasteiger charge is 2.46. The zero-order valence-corrected chi connectivity index (χ0v) is 16.5. The van der Waals surface area contributed by atoms with Crippen molar-refractivity contribution in [1.82, 2.24) is 0 Å². The maximum atomic E-state index is 10.2. The maximum Gasteiger partial charge on any atom is 0.188 e. The Morgan fingerprint density at radius 1 is 0.968 bits per heavy atom. The van der Waals surface area contributed by atoms with Gasteiger partial charge in [-0.25, -0.2) is 0 Å². The first-order valence-corrected chi connectivity index (χ1v) is 9.89. The first-order chi connectivity index (χ1) is 14.8. The summed E-state index contributed by atoms with van der Waals surface area (Å²) in [6.45, 7) is -0.852. The van der Waals surface area contributed by atoms with Crippen molar-refractivity contribution in [2.45, 2.75) is 67.8 Å². The minimum absolute atomic E-state index is 0.0872. The van der Waals surface area contributed by atoms with Crippen molar-refractivity contribution in [1.29, 1.82) is 5.26 Å². The topological polar surface area (TPSA) is 182 Å². The van der Waals surface area contributed by atoms with E-state index in [1.54, 1.807) is 30.3 Å². The first kappa shape index (κ1) is 24.0. The van der Waals surface area contributed by atoms with E-state index in [2.05, 4.69) is 0 Å². The lowest BCUT2D eigenvalue weighted by Gasteiger charge is -2.41. The Balaban J connectivity index is 1.62. The SMILES string of the molecule is N#CC(O[C@@H]1O[C@H](CO[C@H]2C[C@@H](O)[C@H](O)[C@@H](CO)O2)[C@@H](O)C(O)[C@H]1O)c1ccccc1. The Kier molecular flexibility index (Phi) is 8.31. The normalized spacial score (nSPS) is 39.6. The van der Waals surface area contributed by atoms with Crippen LogP contribution in [-0.2, 0) is 18.9 Å². The van der Waals surface area contributed by atoms with E-state index in [1.807, 2.05) is 6.07 Å². The van der Waals surface area contributed by atoms with Crippen LogP contribution < -0.4 is 0 Å². The van der Waals surface area contributed by atoms with E-state index in [-0.39, 0.29) is 13.0 Å². The Morgan fingerprint density at radius 2 is 1.68 bits per heavy atom. The van der Waals surface area contributed by atoms with E-state index in [0.29, 0.717) is 5.56 Å². The molecule has 1 aromatic carbocycles. The molecule has 0 bridgehead atoms. The average Bonchev–Trinajstić information content (AvgIpc) is 2.79. The van der Waals surface area contributed by atoms with Gasteiger partial charge in [0.25, 0.3) is 0 Å². The lowest BCUT2D eigenvalue weighted by atomic mass is 9.99. The summed E-state index contributed by atoms with van der Waals surface area (Å²) < 4.78 is 21.9. The molecule has 10 atom stereocenters. The van der Waals surface area contributed by atoms with Gasteiger partial charge < -0.3 is 49.6 Å². The van der Waals surface area contributed by atoms with Crippen molar-refractivity contribution in [2.75, 3.05) is 13.2 Å². The first-order valence-electron chi connectivity index (χ1n) is 9.89. The molecule has 0 radical (unpaired) electrons. The second-order valence-electron chi connectivity index (χ2n) is 7.48. The van der Waals surface area contributed by atoms with E-state index < -0.39 is 68.0 Å². The molecule has 2 fully saturated rings. The second kappa shape index (κ2) is 10.8. The summed E-state index contributed by atoms with van der Waals surface area (Å²) in [5.74, 6) is 0. The highest BCUT2D eigenvalue weighted by atomic mass is 16.7. The van der Waals surface area contributed by atoms with Gasteiger partial charge in [0.2, 0.25) is 0 Å². The van der Waals surface area contributed by atoms with Gasteiger partial charge in [0.05, 0.1) is 25.4 Å². The van der Waals surface area contributed by atoms with Gasteiger partial charge in [0, 0.05) is 6.42 Å². The molecule has 0 amide bonds. The lowest BCUT2D eigenvalue weighted by molar-refractivity contribution is -0.322. The number of nitrogens with zero attached hydrogens (tertiary/aromatic N) is 1. The molecule has 3 rings (SSSR count). The Labute approximate surface area is 178 Å². The number of hydrogen-bond acceptors (Lipinski definition) is 11. The molecule has 31 heavy (non-hydrogen) atoms. The minimum Gasteiger partial charge on any atom is -0.394 e. The fourth-order valence-corrected chi connectivity index (χ4v) is 3.49. The summed E-state index contributed by atoms with van der Waals surface area (Å²) in [6.07, 6.45) is -13.0. The molecule has 2 aliphatic heterocycles. The van der Waals surface area contributed by atoms with Crippen LogP contribution in [-0.4, -0.2) is 99.2 Å². The zero-order chi connectivity index (χ0) is 22.5. The van der Waals surface area contributed by atoms with Gasteiger partial charge >= 0.3 is 0 Å². The van der Waals surface area contributed by atoms with Gasteiger partial charge in [0.15, 0.2) is 18.7 Å². The number of benzene rings is 1. The van der Waals surface area contributed by atoms with Gasteiger partial charge in [0.1, 0.15) is 36.6 Å². The maximum absolute atomic E-state index is 10.2. The molecular formula is C20H27NO10. The lowest BCUT2D eigenvalue weighted by Crippen LogP contribution is -2.60. The smallest absolute Gasteiger partial charge is 0.188 e. The van der Waals surface area contributed by atoms with Crippen molar-refractivity contribution in [3.63, 3.8) is 0 Å². The van der Waals surface area contributed by atoms with E-state index in [9.17, 15) is 35.9 Å². The molecule has 6 N–H and O–H groups in total.